The van der Waals surface area contributed by atoms with Gasteiger partial charge in [0.15, 0.2) is 0 Å². The summed E-state index contributed by atoms with van der Waals surface area (Å²) in [5.74, 6) is 0.263. The van der Waals surface area contributed by atoms with Gasteiger partial charge in [-0.3, -0.25) is 9.59 Å². The number of hydrogen-bond donors (Lipinski definition) is 1. The average molecular weight is 420 g/mol. The first-order chi connectivity index (χ1) is 14.3. The van der Waals surface area contributed by atoms with Crippen LogP contribution in [0.2, 0.25) is 0 Å². The summed E-state index contributed by atoms with van der Waals surface area (Å²) < 4.78 is 44.5. The third kappa shape index (κ3) is 5.52. The Labute approximate surface area is 172 Å². The zero-order chi connectivity index (χ0) is 21.7. The molecule has 1 heterocycles. The minimum absolute atomic E-state index is 0.0589. The van der Waals surface area contributed by atoms with Gasteiger partial charge in [-0.2, -0.15) is 13.2 Å². The number of nitrogens with zero attached hydrogens (tertiary/aromatic N) is 1. The Morgan fingerprint density at radius 3 is 2.53 bits per heavy atom. The third-order valence-electron chi connectivity index (χ3n) is 5.05. The van der Waals surface area contributed by atoms with Crippen molar-refractivity contribution in [3.05, 3.63) is 65.2 Å². The molecule has 0 unspecified atom stereocenters. The van der Waals surface area contributed by atoms with E-state index in [1.165, 1.54) is 12.1 Å². The lowest BCUT2D eigenvalue weighted by Crippen LogP contribution is -2.39. The van der Waals surface area contributed by atoms with Crippen molar-refractivity contribution in [3.8, 4) is 5.75 Å². The Bertz CT molecular complexity index is 897. The summed E-state index contributed by atoms with van der Waals surface area (Å²) >= 11 is 0. The normalized spacial score (nSPS) is 15.2. The molecule has 5 nitrogen and oxygen atoms in total. The number of nitrogens with one attached hydrogen (secondary N) is 1. The Balaban J connectivity index is 1.78. The molecule has 1 saturated heterocycles. The molecule has 0 bridgehead atoms. The molecule has 1 aliphatic rings. The van der Waals surface area contributed by atoms with E-state index in [0.29, 0.717) is 30.7 Å². The fraction of sp³-hybridized carbons (Fsp3) is 0.364. The van der Waals surface area contributed by atoms with Crippen LogP contribution in [0.5, 0.6) is 5.75 Å². The largest absolute Gasteiger partial charge is 0.497 e. The molecule has 0 saturated carbocycles. The van der Waals surface area contributed by atoms with Gasteiger partial charge in [0.1, 0.15) is 5.75 Å². The van der Waals surface area contributed by atoms with Crippen molar-refractivity contribution < 1.29 is 27.5 Å². The van der Waals surface area contributed by atoms with Crippen LogP contribution in [0.4, 0.5) is 13.2 Å². The van der Waals surface area contributed by atoms with Gasteiger partial charge in [-0.05, 0) is 41.8 Å². The first-order valence-corrected chi connectivity index (χ1v) is 9.63. The van der Waals surface area contributed by atoms with Gasteiger partial charge in [-0.1, -0.05) is 24.3 Å². The maximum atomic E-state index is 13.1. The molecule has 1 N–H and O–H groups in total. The van der Waals surface area contributed by atoms with Crippen LogP contribution >= 0.6 is 0 Å². The highest BCUT2D eigenvalue weighted by molar-refractivity contribution is 5.80. The second-order valence-corrected chi connectivity index (χ2v) is 7.21. The van der Waals surface area contributed by atoms with Crippen LogP contribution in [-0.4, -0.2) is 36.9 Å². The van der Waals surface area contributed by atoms with Crippen LogP contribution in [0.1, 0.15) is 35.6 Å². The molecule has 160 valence electrons. The van der Waals surface area contributed by atoms with Gasteiger partial charge in [0, 0.05) is 19.5 Å². The van der Waals surface area contributed by atoms with Crippen molar-refractivity contribution >= 4 is 11.8 Å². The maximum absolute atomic E-state index is 13.1. The minimum atomic E-state index is -4.49. The molecule has 3 rings (SSSR count). The number of amides is 2. The molecule has 0 spiro atoms. The highest BCUT2D eigenvalue weighted by atomic mass is 19.4. The van der Waals surface area contributed by atoms with Crippen molar-refractivity contribution in [1.29, 1.82) is 0 Å². The molecular weight excluding hydrogens is 397 g/mol. The van der Waals surface area contributed by atoms with E-state index < -0.39 is 17.8 Å². The Kier molecular flexibility index (Phi) is 6.64. The molecule has 0 aromatic heterocycles. The number of benzene rings is 2. The predicted octanol–water partition coefficient (Wildman–Crippen LogP) is 3.74. The maximum Gasteiger partial charge on any atom is 0.416 e. The fourth-order valence-electron chi connectivity index (χ4n) is 3.46. The molecule has 1 fully saturated rings. The summed E-state index contributed by atoms with van der Waals surface area (Å²) in [5.41, 5.74) is 0.267. The van der Waals surface area contributed by atoms with Gasteiger partial charge in [-0.15, -0.1) is 0 Å². The molecule has 0 aliphatic carbocycles. The first kappa shape index (κ1) is 21.7. The number of carbonyl (C=O) groups is 2. The Morgan fingerprint density at radius 1 is 1.20 bits per heavy atom. The highest BCUT2D eigenvalue weighted by Crippen LogP contribution is 2.31. The second kappa shape index (κ2) is 9.19. The third-order valence-corrected chi connectivity index (χ3v) is 5.05. The lowest BCUT2D eigenvalue weighted by Gasteiger charge is -2.26. The number of carbonyl (C=O) groups excluding carboxylic acids is 2. The molecule has 2 amide bonds. The summed E-state index contributed by atoms with van der Waals surface area (Å²) in [6.45, 7) is 0.664. The quantitative estimate of drug-likeness (QED) is 0.743. The van der Waals surface area contributed by atoms with E-state index in [1.54, 1.807) is 36.3 Å². The Morgan fingerprint density at radius 2 is 1.93 bits per heavy atom. The summed E-state index contributed by atoms with van der Waals surface area (Å²) in [6, 6.07) is 11.1. The number of methoxy groups -OCH3 is 1. The van der Waals surface area contributed by atoms with Gasteiger partial charge < -0.3 is 15.0 Å². The summed E-state index contributed by atoms with van der Waals surface area (Å²) in [4.78, 5) is 26.2. The molecular formula is C22H23F3N2O3. The minimum Gasteiger partial charge on any atom is -0.497 e. The highest BCUT2D eigenvalue weighted by Gasteiger charge is 2.32. The molecule has 1 aliphatic heterocycles. The van der Waals surface area contributed by atoms with E-state index in [-0.39, 0.29) is 24.8 Å². The molecule has 2 aromatic rings. The van der Waals surface area contributed by atoms with E-state index in [4.69, 9.17) is 4.74 Å². The van der Waals surface area contributed by atoms with Crippen LogP contribution in [0.15, 0.2) is 48.5 Å². The van der Waals surface area contributed by atoms with Crippen molar-refractivity contribution in [2.75, 3.05) is 20.2 Å². The number of halogens is 3. The van der Waals surface area contributed by atoms with Crippen LogP contribution in [0.3, 0.4) is 0 Å². The number of ether oxygens (including phenoxy) is 1. The van der Waals surface area contributed by atoms with E-state index in [9.17, 15) is 22.8 Å². The van der Waals surface area contributed by atoms with Crippen molar-refractivity contribution in [2.24, 2.45) is 0 Å². The summed E-state index contributed by atoms with van der Waals surface area (Å²) in [7, 11) is 1.54. The monoisotopic (exact) mass is 420 g/mol. The SMILES string of the molecule is COc1ccc(CC(=O)N[C@H](CN2CCCC2=O)c2cccc(C(F)(F)F)c2)cc1. The van der Waals surface area contributed by atoms with E-state index >= 15 is 0 Å². The van der Waals surface area contributed by atoms with Crippen molar-refractivity contribution in [3.63, 3.8) is 0 Å². The topological polar surface area (TPSA) is 58.6 Å². The fourth-order valence-corrected chi connectivity index (χ4v) is 3.46. The van der Waals surface area contributed by atoms with Gasteiger partial charge in [0.25, 0.3) is 0 Å². The molecule has 1 atom stereocenters. The lowest BCUT2D eigenvalue weighted by atomic mass is 10.0. The number of alkyl halides is 3. The molecule has 8 heteroatoms. The van der Waals surface area contributed by atoms with Gasteiger partial charge in [0.05, 0.1) is 25.1 Å². The van der Waals surface area contributed by atoms with Crippen LogP contribution in [-0.2, 0) is 22.2 Å². The second-order valence-electron chi connectivity index (χ2n) is 7.21. The number of likely N-dealkylation sites (tertiary alicyclic amines) is 1. The van der Waals surface area contributed by atoms with Gasteiger partial charge >= 0.3 is 6.18 Å². The van der Waals surface area contributed by atoms with E-state index in [0.717, 1.165) is 17.7 Å². The number of hydrogen-bond acceptors (Lipinski definition) is 3. The van der Waals surface area contributed by atoms with E-state index in [1.807, 2.05) is 0 Å². The van der Waals surface area contributed by atoms with E-state index in [2.05, 4.69) is 5.32 Å². The van der Waals surface area contributed by atoms with Crippen LogP contribution < -0.4 is 10.1 Å². The predicted molar refractivity (Wildman–Crippen MR) is 105 cm³/mol. The van der Waals surface area contributed by atoms with Gasteiger partial charge in [-0.25, -0.2) is 0 Å². The summed E-state index contributed by atoms with van der Waals surface area (Å²) in [5, 5.41) is 2.81. The molecule has 2 aromatic carbocycles. The smallest absolute Gasteiger partial charge is 0.416 e. The standard InChI is InChI=1S/C22H23F3N2O3/c1-30-18-9-7-15(8-10-18)12-20(28)26-19(14-27-11-3-6-21(27)29)16-4-2-5-17(13-16)22(23,24)25/h2,4-5,7-10,13,19H,3,6,11-12,14H2,1H3,(H,26,28)/t19-/m1/s1. The number of rotatable bonds is 7. The van der Waals surface area contributed by atoms with Crippen LogP contribution in [0.25, 0.3) is 0 Å². The van der Waals surface area contributed by atoms with Crippen LogP contribution in [0, 0.1) is 0 Å². The molecule has 30 heavy (non-hydrogen) atoms. The lowest BCUT2D eigenvalue weighted by molar-refractivity contribution is -0.137. The zero-order valence-electron chi connectivity index (χ0n) is 16.5. The first-order valence-electron chi connectivity index (χ1n) is 9.63. The average Bonchev–Trinajstić information content (AvgIpc) is 3.12. The Hall–Kier alpha value is -3.03. The van der Waals surface area contributed by atoms with Crippen molar-refractivity contribution in [2.45, 2.75) is 31.5 Å². The zero-order valence-corrected chi connectivity index (χ0v) is 16.5. The molecule has 0 radical (unpaired) electrons. The van der Waals surface area contributed by atoms with Crippen molar-refractivity contribution in [1.82, 2.24) is 10.2 Å². The summed E-state index contributed by atoms with van der Waals surface area (Å²) in [6.07, 6.45) is -3.31. The van der Waals surface area contributed by atoms with Gasteiger partial charge in [0.2, 0.25) is 11.8 Å².